The minimum atomic E-state index is -2.54. The third-order valence-electron chi connectivity index (χ3n) is 1.65. The van der Waals surface area contributed by atoms with Crippen molar-refractivity contribution in [1.82, 2.24) is 0 Å². The molecule has 0 aliphatic heterocycles. The van der Waals surface area contributed by atoms with Crippen LogP contribution in [0.1, 0.15) is 6.92 Å². The number of esters is 1. The van der Waals surface area contributed by atoms with E-state index in [0.717, 1.165) is 0 Å². The van der Waals surface area contributed by atoms with Crippen molar-refractivity contribution in [2.75, 3.05) is 33.7 Å². The minimum absolute atomic E-state index is 0.0577. The first-order valence-corrected chi connectivity index (χ1v) is 7.33. The predicted octanol–water partition coefficient (Wildman–Crippen LogP) is 1.68. The summed E-state index contributed by atoms with van der Waals surface area (Å²) in [5.41, 5.74) is 0.326. The van der Waals surface area contributed by atoms with Crippen LogP contribution in [0, 0.1) is 0 Å². The van der Waals surface area contributed by atoms with E-state index in [1.54, 1.807) is 6.92 Å². The van der Waals surface area contributed by atoms with E-state index in [-0.39, 0.29) is 13.2 Å². The summed E-state index contributed by atoms with van der Waals surface area (Å²) in [6.45, 7) is 8.23. The van der Waals surface area contributed by atoms with E-state index in [1.807, 2.05) is 0 Å². The average molecular weight is 250 g/mol. The van der Waals surface area contributed by atoms with Crippen LogP contribution < -0.4 is 0 Å². The highest BCUT2D eigenvalue weighted by molar-refractivity contribution is 7.57. The van der Waals surface area contributed by atoms with Crippen LogP contribution in [-0.4, -0.2) is 45.7 Å². The number of ether oxygens (including phenoxy) is 2. The first kappa shape index (κ1) is 15.4. The first-order valence-electron chi connectivity index (χ1n) is 4.81. The van der Waals surface area contributed by atoms with Crippen molar-refractivity contribution in [3.05, 3.63) is 12.2 Å². The highest BCUT2D eigenvalue weighted by atomic mass is 31.2. The summed E-state index contributed by atoms with van der Waals surface area (Å²) in [4.78, 5) is 11.1. The monoisotopic (exact) mass is 250 g/mol. The van der Waals surface area contributed by atoms with Gasteiger partial charge in [-0.2, -0.15) is 0 Å². The normalized spacial score (nSPS) is 13.2. The van der Waals surface area contributed by atoms with E-state index >= 15 is 0 Å². The standard InChI is InChI=1S/C10H19O5P/c1-8(2)10(11)14-6-9(13-3)7-15-16(4,5)12/h9H,1,6-7H2,2-5H3. The molecule has 16 heavy (non-hydrogen) atoms. The van der Waals surface area contributed by atoms with E-state index in [1.165, 1.54) is 20.4 Å². The van der Waals surface area contributed by atoms with Crippen LogP contribution in [0.25, 0.3) is 0 Å². The molecule has 0 spiro atoms. The molecule has 0 saturated carbocycles. The zero-order valence-electron chi connectivity index (χ0n) is 10.2. The Morgan fingerprint density at radius 1 is 1.38 bits per heavy atom. The van der Waals surface area contributed by atoms with Gasteiger partial charge in [-0.15, -0.1) is 0 Å². The van der Waals surface area contributed by atoms with E-state index in [4.69, 9.17) is 14.0 Å². The Morgan fingerprint density at radius 2 is 1.94 bits per heavy atom. The molecule has 0 heterocycles. The van der Waals surface area contributed by atoms with Crippen LogP contribution in [-0.2, 0) is 23.4 Å². The van der Waals surface area contributed by atoms with Gasteiger partial charge in [0.25, 0.3) is 0 Å². The number of rotatable bonds is 7. The lowest BCUT2D eigenvalue weighted by atomic mass is 10.3. The molecule has 0 radical (unpaired) electrons. The smallest absolute Gasteiger partial charge is 0.333 e. The second-order valence-corrected chi connectivity index (χ2v) is 6.55. The van der Waals surface area contributed by atoms with Gasteiger partial charge >= 0.3 is 5.97 Å². The van der Waals surface area contributed by atoms with E-state index in [9.17, 15) is 9.36 Å². The molecule has 0 aliphatic carbocycles. The molecular weight excluding hydrogens is 231 g/mol. The Kier molecular flexibility index (Phi) is 6.56. The van der Waals surface area contributed by atoms with Gasteiger partial charge in [0, 0.05) is 26.0 Å². The van der Waals surface area contributed by atoms with E-state index < -0.39 is 19.4 Å². The van der Waals surface area contributed by atoms with Crippen molar-refractivity contribution >= 4 is 13.3 Å². The second-order valence-electron chi connectivity index (χ2n) is 3.78. The molecule has 94 valence electrons. The number of hydrogen-bond donors (Lipinski definition) is 0. The van der Waals surface area contributed by atoms with Crippen molar-refractivity contribution in [2.45, 2.75) is 13.0 Å². The predicted molar refractivity (Wildman–Crippen MR) is 62.0 cm³/mol. The molecular formula is C10H19O5P. The molecule has 1 atom stereocenters. The van der Waals surface area contributed by atoms with Gasteiger partial charge in [0.05, 0.1) is 6.61 Å². The molecule has 0 N–H and O–H groups in total. The Hall–Kier alpha value is -0.640. The lowest BCUT2D eigenvalue weighted by Crippen LogP contribution is -2.25. The summed E-state index contributed by atoms with van der Waals surface area (Å²) in [5.74, 6) is -0.474. The molecule has 0 fully saturated rings. The number of carbonyl (C=O) groups is 1. The summed E-state index contributed by atoms with van der Waals surface area (Å²) >= 11 is 0. The van der Waals surface area contributed by atoms with Crippen LogP contribution in [0.3, 0.4) is 0 Å². The van der Waals surface area contributed by atoms with Gasteiger partial charge in [0.15, 0.2) is 7.37 Å². The minimum Gasteiger partial charge on any atom is -0.459 e. The zero-order valence-corrected chi connectivity index (χ0v) is 11.1. The van der Waals surface area contributed by atoms with Crippen molar-refractivity contribution in [2.24, 2.45) is 0 Å². The highest BCUT2D eigenvalue weighted by Gasteiger charge is 2.15. The lowest BCUT2D eigenvalue weighted by Gasteiger charge is -2.17. The summed E-state index contributed by atoms with van der Waals surface area (Å²) in [6.07, 6.45) is -0.420. The molecule has 0 saturated heterocycles. The van der Waals surface area contributed by atoms with Gasteiger partial charge in [0.1, 0.15) is 12.7 Å². The maximum Gasteiger partial charge on any atom is 0.333 e. The van der Waals surface area contributed by atoms with Gasteiger partial charge in [0.2, 0.25) is 0 Å². The zero-order chi connectivity index (χ0) is 12.8. The summed E-state index contributed by atoms with van der Waals surface area (Å²) in [7, 11) is -1.07. The Labute approximate surface area is 96.2 Å². The van der Waals surface area contributed by atoms with Crippen LogP contribution in [0.5, 0.6) is 0 Å². The molecule has 0 aromatic heterocycles. The highest BCUT2D eigenvalue weighted by Crippen LogP contribution is 2.37. The fraction of sp³-hybridized carbons (Fsp3) is 0.700. The Morgan fingerprint density at radius 3 is 2.31 bits per heavy atom. The second kappa shape index (κ2) is 6.84. The maximum atomic E-state index is 11.3. The number of hydrogen-bond acceptors (Lipinski definition) is 5. The lowest BCUT2D eigenvalue weighted by molar-refractivity contribution is -0.143. The van der Waals surface area contributed by atoms with Crippen molar-refractivity contribution in [3.63, 3.8) is 0 Å². The van der Waals surface area contributed by atoms with E-state index in [0.29, 0.717) is 5.57 Å². The van der Waals surface area contributed by atoms with Gasteiger partial charge in [-0.05, 0) is 6.92 Å². The SMILES string of the molecule is C=C(C)C(=O)OCC(COP(C)(C)=O)OC. The molecule has 0 amide bonds. The average Bonchev–Trinajstić information content (AvgIpc) is 2.15. The molecule has 0 rings (SSSR count). The van der Waals surface area contributed by atoms with Gasteiger partial charge in [-0.3, -0.25) is 4.57 Å². The largest absolute Gasteiger partial charge is 0.459 e. The molecule has 0 aromatic rings. The maximum absolute atomic E-state index is 11.3. The Balaban J connectivity index is 3.98. The Bertz CT molecular complexity index is 294. The molecule has 6 heteroatoms. The van der Waals surface area contributed by atoms with E-state index in [2.05, 4.69) is 6.58 Å². The summed E-state index contributed by atoms with van der Waals surface area (Å²) in [6, 6.07) is 0. The van der Waals surface area contributed by atoms with Gasteiger partial charge in [-0.25, -0.2) is 4.79 Å². The molecule has 0 bridgehead atoms. The van der Waals surface area contributed by atoms with Gasteiger partial charge < -0.3 is 14.0 Å². The molecule has 0 aliphatic rings. The molecule has 0 aromatic carbocycles. The van der Waals surface area contributed by atoms with Crippen LogP contribution >= 0.6 is 7.37 Å². The third-order valence-corrected chi connectivity index (χ3v) is 2.42. The van der Waals surface area contributed by atoms with Gasteiger partial charge in [-0.1, -0.05) is 6.58 Å². The van der Waals surface area contributed by atoms with Crippen molar-refractivity contribution in [1.29, 1.82) is 0 Å². The topological polar surface area (TPSA) is 61.8 Å². The van der Waals surface area contributed by atoms with Crippen LogP contribution in [0.4, 0.5) is 0 Å². The molecule has 1 unspecified atom stereocenters. The molecule has 5 nitrogen and oxygen atoms in total. The van der Waals surface area contributed by atoms with Crippen LogP contribution in [0.15, 0.2) is 12.2 Å². The van der Waals surface area contributed by atoms with Crippen molar-refractivity contribution in [3.8, 4) is 0 Å². The number of carbonyl (C=O) groups excluding carboxylic acids is 1. The summed E-state index contributed by atoms with van der Waals surface area (Å²) < 4.78 is 26.3. The fourth-order valence-corrected chi connectivity index (χ4v) is 1.26. The summed E-state index contributed by atoms with van der Waals surface area (Å²) in [5, 5.41) is 0. The van der Waals surface area contributed by atoms with Crippen molar-refractivity contribution < 1.29 is 23.4 Å². The first-order chi connectivity index (χ1) is 7.26. The van der Waals surface area contributed by atoms with Crippen LogP contribution in [0.2, 0.25) is 0 Å². The quantitative estimate of drug-likeness (QED) is 0.391. The third kappa shape index (κ3) is 7.63. The fourth-order valence-electron chi connectivity index (χ4n) is 0.739. The number of methoxy groups -OCH3 is 1.